The minimum Gasteiger partial charge on any atom is -0.364 e. The Labute approximate surface area is 152 Å². The molecular formula is C17H23ClN4O3. The molecule has 2 heterocycles. The van der Waals surface area contributed by atoms with E-state index in [1.807, 2.05) is 37.3 Å². The smallest absolute Gasteiger partial charge is 0.249 e. The van der Waals surface area contributed by atoms with E-state index in [2.05, 4.69) is 15.5 Å². The zero-order valence-electron chi connectivity index (χ0n) is 14.1. The van der Waals surface area contributed by atoms with E-state index in [1.165, 1.54) is 0 Å². The van der Waals surface area contributed by atoms with Crippen LogP contribution in [-0.4, -0.2) is 34.8 Å². The Morgan fingerprint density at radius 3 is 2.80 bits per heavy atom. The van der Waals surface area contributed by atoms with Crippen molar-refractivity contribution in [2.75, 3.05) is 6.54 Å². The lowest BCUT2D eigenvalue weighted by Crippen LogP contribution is -2.37. The molecule has 8 heteroatoms. The van der Waals surface area contributed by atoms with Crippen LogP contribution in [0.25, 0.3) is 0 Å². The molecule has 0 bridgehead atoms. The Kier molecular flexibility index (Phi) is 6.92. The molecule has 1 aromatic heterocycles. The Morgan fingerprint density at radius 2 is 2.12 bits per heavy atom. The first-order valence-corrected chi connectivity index (χ1v) is 8.18. The molecule has 3 rings (SSSR count). The molecule has 0 spiro atoms. The number of aromatic nitrogens is 2. The highest BCUT2D eigenvalue weighted by Gasteiger charge is 2.31. The predicted octanol–water partition coefficient (Wildman–Crippen LogP) is 1.77. The van der Waals surface area contributed by atoms with Gasteiger partial charge in [-0.05, 0) is 25.3 Å². The van der Waals surface area contributed by atoms with E-state index in [0.717, 1.165) is 12.0 Å². The molecule has 1 fully saturated rings. The quantitative estimate of drug-likeness (QED) is 0.807. The van der Waals surface area contributed by atoms with Gasteiger partial charge in [0.15, 0.2) is 5.82 Å². The maximum atomic E-state index is 12.2. The second-order valence-electron chi connectivity index (χ2n) is 6.00. The molecule has 1 aliphatic heterocycles. The van der Waals surface area contributed by atoms with Gasteiger partial charge in [-0.15, -0.1) is 12.4 Å². The maximum absolute atomic E-state index is 12.2. The number of amides is 1. The molecule has 1 amide bonds. The third kappa shape index (κ3) is 5.01. The maximum Gasteiger partial charge on any atom is 0.249 e. The van der Waals surface area contributed by atoms with Crippen molar-refractivity contribution in [2.45, 2.75) is 44.4 Å². The fraction of sp³-hybridized carbons (Fsp3) is 0.471. The molecule has 3 N–H and O–H groups in total. The minimum absolute atomic E-state index is 0. The topological polar surface area (TPSA) is 103 Å². The summed E-state index contributed by atoms with van der Waals surface area (Å²) in [6.45, 7) is 2.25. The summed E-state index contributed by atoms with van der Waals surface area (Å²) in [5.74, 6) is 0.821. The molecule has 1 aliphatic rings. The van der Waals surface area contributed by atoms with Crippen molar-refractivity contribution < 1.29 is 14.1 Å². The van der Waals surface area contributed by atoms with Gasteiger partial charge >= 0.3 is 0 Å². The van der Waals surface area contributed by atoms with E-state index in [4.69, 9.17) is 15.0 Å². The average molecular weight is 367 g/mol. The fourth-order valence-electron chi connectivity index (χ4n) is 2.73. The van der Waals surface area contributed by atoms with Gasteiger partial charge in [0.2, 0.25) is 11.8 Å². The summed E-state index contributed by atoms with van der Waals surface area (Å²) in [6.07, 6.45) is 1.60. The van der Waals surface area contributed by atoms with Crippen LogP contribution in [0, 0.1) is 0 Å². The number of halogens is 1. The van der Waals surface area contributed by atoms with E-state index >= 15 is 0 Å². The second kappa shape index (κ2) is 8.94. The number of rotatable bonds is 6. The van der Waals surface area contributed by atoms with E-state index in [9.17, 15) is 4.79 Å². The number of benzene rings is 1. The summed E-state index contributed by atoms with van der Waals surface area (Å²) in [5, 5.41) is 6.84. The van der Waals surface area contributed by atoms with Crippen molar-refractivity contribution >= 4 is 18.3 Å². The molecule has 7 nitrogen and oxygen atoms in total. The van der Waals surface area contributed by atoms with Gasteiger partial charge in [0.1, 0.15) is 12.1 Å². The first-order chi connectivity index (χ1) is 11.7. The number of nitrogens with two attached hydrogens (primary N) is 1. The summed E-state index contributed by atoms with van der Waals surface area (Å²) < 4.78 is 10.9. The summed E-state index contributed by atoms with van der Waals surface area (Å²) >= 11 is 0. The molecule has 1 unspecified atom stereocenters. The lowest BCUT2D eigenvalue weighted by Gasteiger charge is -2.15. The van der Waals surface area contributed by atoms with Crippen molar-refractivity contribution in [3.8, 4) is 0 Å². The second-order valence-corrected chi connectivity index (χ2v) is 6.00. The summed E-state index contributed by atoms with van der Waals surface area (Å²) in [7, 11) is 0. The zero-order valence-corrected chi connectivity index (χ0v) is 14.9. The Bertz CT molecular complexity index is 680. The molecule has 0 saturated carbocycles. The van der Waals surface area contributed by atoms with Gasteiger partial charge in [0, 0.05) is 13.0 Å². The van der Waals surface area contributed by atoms with Crippen LogP contribution < -0.4 is 11.1 Å². The van der Waals surface area contributed by atoms with Crippen LogP contribution in [0.2, 0.25) is 0 Å². The molecule has 3 atom stereocenters. The largest absolute Gasteiger partial charge is 0.364 e. The average Bonchev–Trinajstić information content (AvgIpc) is 3.25. The van der Waals surface area contributed by atoms with Crippen molar-refractivity contribution in [1.29, 1.82) is 0 Å². The molecule has 2 aromatic rings. The molecule has 0 aliphatic carbocycles. The van der Waals surface area contributed by atoms with Gasteiger partial charge in [-0.3, -0.25) is 4.79 Å². The third-order valence-electron chi connectivity index (χ3n) is 4.08. The Balaban J connectivity index is 0.00000225. The van der Waals surface area contributed by atoms with Crippen LogP contribution in [0.4, 0.5) is 0 Å². The third-order valence-corrected chi connectivity index (χ3v) is 4.08. The van der Waals surface area contributed by atoms with Crippen LogP contribution in [0.3, 0.4) is 0 Å². The monoisotopic (exact) mass is 366 g/mol. The lowest BCUT2D eigenvalue weighted by molar-refractivity contribution is -0.132. The van der Waals surface area contributed by atoms with Crippen molar-refractivity contribution in [1.82, 2.24) is 15.5 Å². The molecular weight excluding hydrogens is 344 g/mol. The number of nitrogens with one attached hydrogen (secondary N) is 1. The van der Waals surface area contributed by atoms with Crippen LogP contribution >= 0.6 is 12.4 Å². The van der Waals surface area contributed by atoms with Crippen LogP contribution in [0.15, 0.2) is 34.9 Å². The molecule has 1 aromatic carbocycles. The SMILES string of the molecule is CC(NC(=O)[C@@H]1CC[C@H](CN)O1)c1nc(Cc2ccccc2)no1.Cl. The summed E-state index contributed by atoms with van der Waals surface area (Å²) in [5.41, 5.74) is 6.67. The normalized spacial score (nSPS) is 20.7. The van der Waals surface area contributed by atoms with Crippen molar-refractivity contribution in [2.24, 2.45) is 5.73 Å². The number of carbonyl (C=O) groups excluding carboxylic acids is 1. The molecule has 0 radical (unpaired) electrons. The van der Waals surface area contributed by atoms with E-state index in [0.29, 0.717) is 31.1 Å². The number of carbonyl (C=O) groups is 1. The first-order valence-electron chi connectivity index (χ1n) is 8.18. The highest BCUT2D eigenvalue weighted by atomic mass is 35.5. The van der Waals surface area contributed by atoms with Crippen LogP contribution in [0.5, 0.6) is 0 Å². The van der Waals surface area contributed by atoms with Crippen LogP contribution in [0.1, 0.15) is 43.1 Å². The molecule has 25 heavy (non-hydrogen) atoms. The van der Waals surface area contributed by atoms with Crippen molar-refractivity contribution in [3.63, 3.8) is 0 Å². The molecule has 136 valence electrons. The number of hydrogen-bond donors (Lipinski definition) is 2. The molecule has 1 saturated heterocycles. The van der Waals surface area contributed by atoms with Gasteiger partial charge in [-0.25, -0.2) is 0 Å². The highest BCUT2D eigenvalue weighted by Crippen LogP contribution is 2.20. The summed E-state index contributed by atoms with van der Waals surface area (Å²) in [6, 6.07) is 9.54. The number of hydrogen-bond acceptors (Lipinski definition) is 6. The first kappa shape index (κ1) is 19.4. The van der Waals surface area contributed by atoms with E-state index < -0.39 is 6.10 Å². The predicted molar refractivity (Wildman–Crippen MR) is 94.3 cm³/mol. The van der Waals surface area contributed by atoms with E-state index in [1.54, 1.807) is 0 Å². The van der Waals surface area contributed by atoms with Gasteiger partial charge in [-0.1, -0.05) is 35.5 Å². The van der Waals surface area contributed by atoms with E-state index in [-0.39, 0.29) is 30.5 Å². The van der Waals surface area contributed by atoms with Gasteiger partial charge in [-0.2, -0.15) is 4.98 Å². The fourth-order valence-corrected chi connectivity index (χ4v) is 2.73. The van der Waals surface area contributed by atoms with Gasteiger partial charge in [0.25, 0.3) is 0 Å². The number of nitrogens with zero attached hydrogens (tertiary/aromatic N) is 2. The highest BCUT2D eigenvalue weighted by molar-refractivity contribution is 5.85. The number of ether oxygens (including phenoxy) is 1. The summed E-state index contributed by atoms with van der Waals surface area (Å²) in [4.78, 5) is 16.6. The van der Waals surface area contributed by atoms with Gasteiger partial charge < -0.3 is 20.3 Å². The van der Waals surface area contributed by atoms with Crippen molar-refractivity contribution in [3.05, 3.63) is 47.6 Å². The Morgan fingerprint density at radius 1 is 1.36 bits per heavy atom. The standard InChI is InChI=1S/C17H22N4O3.ClH/c1-11(19-16(22)14-8-7-13(10-18)23-14)17-20-15(21-24-17)9-12-5-3-2-4-6-12;/h2-6,11,13-14H,7-10,18H2,1H3,(H,19,22);1H/t11?,13-,14+;/m1./s1. The lowest BCUT2D eigenvalue weighted by atomic mass is 10.1. The van der Waals surface area contributed by atoms with Crippen LogP contribution in [-0.2, 0) is 16.0 Å². The minimum atomic E-state index is -0.451. The van der Waals surface area contributed by atoms with Gasteiger partial charge in [0.05, 0.1) is 6.10 Å². The zero-order chi connectivity index (χ0) is 16.9. The Hall–Kier alpha value is -1.96.